The number of hydrogen-bond acceptors (Lipinski definition) is 3. The molecule has 0 amide bonds. The molecule has 3 aromatic rings. The minimum Gasteiger partial charge on any atom is -0.496 e. The van der Waals surface area contributed by atoms with Crippen molar-refractivity contribution in [2.24, 2.45) is 0 Å². The van der Waals surface area contributed by atoms with E-state index < -0.39 is 0 Å². The lowest BCUT2D eigenvalue weighted by Crippen LogP contribution is -1.96. The van der Waals surface area contributed by atoms with Crippen molar-refractivity contribution in [3.63, 3.8) is 0 Å². The summed E-state index contributed by atoms with van der Waals surface area (Å²) in [4.78, 5) is 4.11. The van der Waals surface area contributed by atoms with E-state index >= 15 is 0 Å². The molecule has 35 heavy (non-hydrogen) atoms. The van der Waals surface area contributed by atoms with Gasteiger partial charge in [0.1, 0.15) is 18.1 Å². The van der Waals surface area contributed by atoms with Gasteiger partial charge < -0.3 is 9.47 Å². The summed E-state index contributed by atoms with van der Waals surface area (Å²) in [6, 6.07) is 16.1. The molecule has 0 aliphatic rings. The molecule has 0 fully saturated rings. The SMILES string of the molecule is C=C(/C=C/c1ccc(/C=C\C)c(C)c1)CC(=C)/C=C/c1ccc(OCc2cccnc2)cc1OC. The summed E-state index contributed by atoms with van der Waals surface area (Å²) in [7, 11) is 1.66. The topological polar surface area (TPSA) is 31.4 Å². The van der Waals surface area contributed by atoms with E-state index in [-0.39, 0.29) is 0 Å². The number of methoxy groups -OCH3 is 1. The summed E-state index contributed by atoms with van der Waals surface area (Å²) < 4.78 is 11.4. The van der Waals surface area contributed by atoms with Gasteiger partial charge in [-0.05, 0) is 55.2 Å². The number of hydrogen-bond donors (Lipinski definition) is 0. The molecular formula is C32H33NO2. The van der Waals surface area contributed by atoms with Gasteiger partial charge in [-0.2, -0.15) is 0 Å². The molecule has 0 saturated carbocycles. The van der Waals surface area contributed by atoms with Gasteiger partial charge in [0.15, 0.2) is 0 Å². The van der Waals surface area contributed by atoms with Gasteiger partial charge in [0.25, 0.3) is 0 Å². The van der Waals surface area contributed by atoms with Crippen molar-refractivity contribution in [1.82, 2.24) is 4.98 Å². The Morgan fingerprint density at radius 2 is 1.71 bits per heavy atom. The number of ether oxygens (including phenoxy) is 2. The van der Waals surface area contributed by atoms with Crippen LogP contribution in [0.15, 0.2) is 103 Å². The molecule has 3 heteroatoms. The number of benzene rings is 2. The Kier molecular flexibility index (Phi) is 9.44. The molecule has 0 saturated heterocycles. The van der Waals surface area contributed by atoms with Crippen LogP contribution >= 0.6 is 0 Å². The van der Waals surface area contributed by atoms with Crippen LogP contribution in [-0.4, -0.2) is 12.1 Å². The summed E-state index contributed by atoms with van der Waals surface area (Å²) in [5, 5.41) is 0. The predicted molar refractivity (Wildman–Crippen MR) is 148 cm³/mol. The molecule has 178 valence electrons. The van der Waals surface area contributed by atoms with E-state index in [0.717, 1.165) is 39.3 Å². The summed E-state index contributed by atoms with van der Waals surface area (Å²) in [6.07, 6.45) is 16.6. The molecule has 0 radical (unpaired) electrons. The zero-order valence-electron chi connectivity index (χ0n) is 20.8. The molecule has 0 aliphatic heterocycles. The van der Waals surface area contributed by atoms with Crippen LogP contribution in [0.4, 0.5) is 0 Å². The molecule has 0 spiro atoms. The van der Waals surface area contributed by atoms with Gasteiger partial charge in [0.2, 0.25) is 0 Å². The second-order valence-corrected chi connectivity index (χ2v) is 8.33. The van der Waals surface area contributed by atoms with Gasteiger partial charge in [0, 0.05) is 29.6 Å². The van der Waals surface area contributed by atoms with Crippen LogP contribution in [0.25, 0.3) is 18.2 Å². The Balaban J connectivity index is 1.56. The van der Waals surface area contributed by atoms with Gasteiger partial charge in [-0.25, -0.2) is 0 Å². The summed E-state index contributed by atoms with van der Waals surface area (Å²) in [5.41, 5.74) is 7.60. The summed E-state index contributed by atoms with van der Waals surface area (Å²) in [5.74, 6) is 1.49. The third-order valence-corrected chi connectivity index (χ3v) is 5.44. The molecule has 0 aliphatic carbocycles. The minimum absolute atomic E-state index is 0.456. The van der Waals surface area contributed by atoms with E-state index in [1.807, 2.05) is 49.4 Å². The highest BCUT2D eigenvalue weighted by molar-refractivity contribution is 5.62. The van der Waals surface area contributed by atoms with Crippen LogP contribution in [0.2, 0.25) is 0 Å². The van der Waals surface area contributed by atoms with Crippen LogP contribution in [0.5, 0.6) is 11.5 Å². The van der Waals surface area contributed by atoms with Crippen molar-refractivity contribution in [3.8, 4) is 11.5 Å². The monoisotopic (exact) mass is 463 g/mol. The first-order valence-corrected chi connectivity index (χ1v) is 11.6. The lowest BCUT2D eigenvalue weighted by Gasteiger charge is -2.10. The van der Waals surface area contributed by atoms with Gasteiger partial charge in [-0.3, -0.25) is 4.98 Å². The Morgan fingerprint density at radius 1 is 0.943 bits per heavy atom. The summed E-state index contributed by atoms with van der Waals surface area (Å²) >= 11 is 0. The third kappa shape index (κ3) is 8.01. The molecule has 1 aromatic heterocycles. The molecule has 0 unspecified atom stereocenters. The van der Waals surface area contributed by atoms with Crippen molar-refractivity contribution in [2.75, 3.05) is 7.11 Å². The first-order valence-electron chi connectivity index (χ1n) is 11.6. The lowest BCUT2D eigenvalue weighted by molar-refractivity contribution is 0.303. The number of pyridine rings is 1. The highest BCUT2D eigenvalue weighted by atomic mass is 16.5. The summed E-state index contributed by atoms with van der Waals surface area (Å²) in [6.45, 7) is 13.0. The fraction of sp³-hybridized carbons (Fsp3) is 0.156. The van der Waals surface area contributed by atoms with Crippen LogP contribution in [-0.2, 0) is 6.61 Å². The second kappa shape index (κ2) is 13.0. The fourth-order valence-corrected chi connectivity index (χ4v) is 3.57. The number of aromatic nitrogens is 1. The molecule has 2 aromatic carbocycles. The minimum atomic E-state index is 0.456. The van der Waals surface area contributed by atoms with Crippen molar-refractivity contribution in [1.29, 1.82) is 0 Å². The first kappa shape index (κ1) is 25.5. The largest absolute Gasteiger partial charge is 0.496 e. The zero-order valence-corrected chi connectivity index (χ0v) is 20.8. The number of nitrogens with zero attached hydrogens (tertiary/aromatic N) is 1. The van der Waals surface area contributed by atoms with Crippen molar-refractivity contribution >= 4 is 18.2 Å². The van der Waals surface area contributed by atoms with Crippen molar-refractivity contribution < 1.29 is 9.47 Å². The van der Waals surface area contributed by atoms with Crippen LogP contribution in [0, 0.1) is 6.92 Å². The standard InChI is InChI=1S/C32H33NO2/c1-6-8-29-15-13-27(20-26(29)4)12-10-24(2)19-25(3)11-14-30-16-17-31(21-32(30)34-5)35-23-28-9-7-18-33-22-28/h6-18,20-22H,2-3,19,23H2,1,4-5H3/b8-6-,12-10+,14-11+. The normalized spacial score (nSPS) is 11.4. The van der Waals surface area contributed by atoms with Crippen LogP contribution in [0.3, 0.4) is 0 Å². The average molecular weight is 464 g/mol. The van der Waals surface area contributed by atoms with E-state index in [4.69, 9.17) is 9.47 Å². The molecule has 1 heterocycles. The van der Waals surface area contributed by atoms with E-state index in [1.165, 1.54) is 11.1 Å². The van der Waals surface area contributed by atoms with E-state index in [9.17, 15) is 0 Å². The number of aryl methyl sites for hydroxylation is 1. The van der Waals surface area contributed by atoms with Crippen molar-refractivity contribution in [3.05, 3.63) is 131 Å². The molecular weight excluding hydrogens is 430 g/mol. The molecule has 3 rings (SSSR count). The maximum atomic E-state index is 5.87. The lowest BCUT2D eigenvalue weighted by atomic mass is 10.0. The quantitative estimate of drug-likeness (QED) is 0.268. The van der Waals surface area contributed by atoms with Gasteiger partial charge in [-0.15, -0.1) is 0 Å². The average Bonchev–Trinajstić information content (AvgIpc) is 2.87. The zero-order chi connectivity index (χ0) is 25.0. The molecule has 0 N–H and O–H groups in total. The first-order chi connectivity index (χ1) is 17.0. The molecule has 0 atom stereocenters. The number of allylic oxidation sites excluding steroid dienone is 5. The van der Waals surface area contributed by atoms with Gasteiger partial charge in [-0.1, -0.05) is 85.0 Å². The van der Waals surface area contributed by atoms with E-state index in [1.54, 1.807) is 19.5 Å². The van der Waals surface area contributed by atoms with Gasteiger partial charge >= 0.3 is 0 Å². The van der Waals surface area contributed by atoms with E-state index in [2.05, 4.69) is 67.6 Å². The Labute approximate surface area is 209 Å². The molecule has 0 bridgehead atoms. The molecule has 3 nitrogen and oxygen atoms in total. The third-order valence-electron chi connectivity index (χ3n) is 5.44. The fourth-order valence-electron chi connectivity index (χ4n) is 3.57. The maximum Gasteiger partial charge on any atom is 0.129 e. The Morgan fingerprint density at radius 3 is 2.40 bits per heavy atom. The Hall–Kier alpha value is -4.11. The Bertz CT molecular complexity index is 1250. The number of rotatable bonds is 11. The highest BCUT2D eigenvalue weighted by Gasteiger charge is 2.04. The van der Waals surface area contributed by atoms with Crippen LogP contribution in [0.1, 0.15) is 41.2 Å². The predicted octanol–water partition coefficient (Wildman–Crippen LogP) is 8.24. The maximum absolute atomic E-state index is 5.87. The highest BCUT2D eigenvalue weighted by Crippen LogP contribution is 2.27. The van der Waals surface area contributed by atoms with E-state index in [0.29, 0.717) is 13.0 Å². The smallest absolute Gasteiger partial charge is 0.129 e. The van der Waals surface area contributed by atoms with Crippen LogP contribution < -0.4 is 9.47 Å². The van der Waals surface area contributed by atoms with Crippen molar-refractivity contribution in [2.45, 2.75) is 26.9 Å². The second-order valence-electron chi connectivity index (χ2n) is 8.33. The van der Waals surface area contributed by atoms with Gasteiger partial charge in [0.05, 0.1) is 7.11 Å².